The number of para-hydroxylation sites is 1. The van der Waals surface area contributed by atoms with Gasteiger partial charge in [0.2, 0.25) is 0 Å². The molecule has 0 aliphatic carbocycles. The van der Waals surface area contributed by atoms with E-state index >= 15 is 0 Å². The lowest BCUT2D eigenvalue weighted by molar-refractivity contribution is 0.0937. The highest BCUT2D eigenvalue weighted by atomic mass is 16.6. The Bertz CT molecular complexity index is 699. The fourth-order valence-electron chi connectivity index (χ4n) is 2.35. The minimum Gasteiger partial charge on any atom is -0.507 e. The maximum absolute atomic E-state index is 12.2. The number of aromatic hydroxyl groups is 1. The Hall–Kier alpha value is -2.69. The summed E-state index contributed by atoms with van der Waals surface area (Å²) in [7, 11) is 0. The van der Waals surface area contributed by atoms with E-state index in [1.807, 2.05) is 25.1 Å². The van der Waals surface area contributed by atoms with Crippen LogP contribution in [0.15, 0.2) is 42.5 Å². The number of rotatable bonds is 3. The summed E-state index contributed by atoms with van der Waals surface area (Å²) in [5.41, 5.74) is 1.17. The number of carbonyl (C=O) groups is 1. The van der Waals surface area contributed by atoms with Gasteiger partial charge in [-0.25, -0.2) is 0 Å². The zero-order valence-corrected chi connectivity index (χ0v) is 12.2. The van der Waals surface area contributed by atoms with Gasteiger partial charge in [0.15, 0.2) is 11.5 Å². The van der Waals surface area contributed by atoms with E-state index < -0.39 is 0 Å². The van der Waals surface area contributed by atoms with Crippen molar-refractivity contribution in [2.45, 2.75) is 13.0 Å². The highest BCUT2D eigenvalue weighted by molar-refractivity contribution is 5.96. The summed E-state index contributed by atoms with van der Waals surface area (Å²) < 4.78 is 11.0. The van der Waals surface area contributed by atoms with Crippen LogP contribution >= 0.6 is 0 Å². The van der Waals surface area contributed by atoms with E-state index in [2.05, 4.69) is 5.32 Å². The number of nitrogens with one attached hydrogen (secondary N) is 1. The van der Waals surface area contributed by atoms with E-state index in [1.165, 1.54) is 6.07 Å². The number of phenolic OH excluding ortho intramolecular Hbond substituents is 1. The average molecular weight is 299 g/mol. The van der Waals surface area contributed by atoms with Crippen LogP contribution in [0.1, 0.15) is 28.9 Å². The maximum atomic E-state index is 12.2. The van der Waals surface area contributed by atoms with Gasteiger partial charge in [0, 0.05) is 0 Å². The molecule has 0 radical (unpaired) electrons. The molecule has 5 heteroatoms. The van der Waals surface area contributed by atoms with Crippen LogP contribution in [0.25, 0.3) is 0 Å². The smallest absolute Gasteiger partial charge is 0.255 e. The second-order valence-corrected chi connectivity index (χ2v) is 5.12. The first-order valence-corrected chi connectivity index (χ1v) is 7.13. The van der Waals surface area contributed by atoms with Crippen LogP contribution in [-0.4, -0.2) is 24.2 Å². The van der Waals surface area contributed by atoms with Gasteiger partial charge in [-0.1, -0.05) is 18.2 Å². The molecule has 0 spiro atoms. The second kappa shape index (κ2) is 5.97. The fraction of sp³-hybridized carbons (Fsp3) is 0.235. The maximum Gasteiger partial charge on any atom is 0.255 e. The molecule has 1 atom stereocenters. The number of ether oxygens (including phenoxy) is 2. The molecular weight excluding hydrogens is 282 g/mol. The molecule has 2 aromatic carbocycles. The van der Waals surface area contributed by atoms with Crippen molar-refractivity contribution in [2.75, 3.05) is 13.2 Å². The third kappa shape index (κ3) is 2.83. The lowest BCUT2D eigenvalue weighted by atomic mass is 10.1. The van der Waals surface area contributed by atoms with Crippen LogP contribution in [0, 0.1) is 0 Å². The van der Waals surface area contributed by atoms with Crippen molar-refractivity contribution in [2.24, 2.45) is 0 Å². The molecule has 2 N–H and O–H groups in total. The molecule has 1 aliphatic rings. The largest absolute Gasteiger partial charge is 0.507 e. The Kier molecular flexibility index (Phi) is 3.87. The third-order valence-electron chi connectivity index (χ3n) is 3.56. The molecule has 1 unspecified atom stereocenters. The minimum absolute atomic E-state index is 0.0330. The molecule has 0 bridgehead atoms. The van der Waals surface area contributed by atoms with Gasteiger partial charge < -0.3 is 19.9 Å². The van der Waals surface area contributed by atoms with Gasteiger partial charge in [-0.3, -0.25) is 4.79 Å². The second-order valence-electron chi connectivity index (χ2n) is 5.12. The van der Waals surface area contributed by atoms with Crippen LogP contribution in [0.2, 0.25) is 0 Å². The molecule has 114 valence electrons. The number of hydrogen-bond donors (Lipinski definition) is 2. The van der Waals surface area contributed by atoms with Gasteiger partial charge in [-0.05, 0) is 36.8 Å². The average Bonchev–Trinajstić information content (AvgIpc) is 2.54. The van der Waals surface area contributed by atoms with Crippen molar-refractivity contribution in [3.63, 3.8) is 0 Å². The lowest BCUT2D eigenvalue weighted by Gasteiger charge is -2.21. The van der Waals surface area contributed by atoms with Gasteiger partial charge in [-0.2, -0.15) is 0 Å². The SMILES string of the molecule is CC(NC(=O)c1ccccc1O)c1ccc2c(c1)OCCO2. The Labute approximate surface area is 128 Å². The molecule has 1 amide bonds. The summed E-state index contributed by atoms with van der Waals surface area (Å²) >= 11 is 0. The summed E-state index contributed by atoms with van der Waals surface area (Å²) in [6, 6.07) is 11.8. The van der Waals surface area contributed by atoms with Crippen LogP contribution in [0.5, 0.6) is 17.2 Å². The van der Waals surface area contributed by atoms with Crippen LogP contribution in [-0.2, 0) is 0 Å². The standard InChI is InChI=1S/C17H17NO4/c1-11(18-17(20)13-4-2-3-5-14(13)19)12-6-7-15-16(10-12)22-9-8-21-15/h2-7,10-11,19H,8-9H2,1H3,(H,18,20). The third-order valence-corrected chi connectivity index (χ3v) is 3.56. The summed E-state index contributed by atoms with van der Waals surface area (Å²) in [6.07, 6.45) is 0. The summed E-state index contributed by atoms with van der Waals surface area (Å²) in [4.78, 5) is 12.2. The predicted molar refractivity (Wildman–Crippen MR) is 81.4 cm³/mol. The number of fused-ring (bicyclic) bond motifs is 1. The number of amides is 1. The monoisotopic (exact) mass is 299 g/mol. The first-order chi connectivity index (χ1) is 10.6. The van der Waals surface area contributed by atoms with Gasteiger partial charge in [-0.15, -0.1) is 0 Å². The number of phenols is 1. The zero-order valence-electron chi connectivity index (χ0n) is 12.2. The number of hydrogen-bond acceptors (Lipinski definition) is 4. The normalized spacial score (nSPS) is 14.2. The van der Waals surface area contributed by atoms with Crippen molar-refractivity contribution < 1.29 is 19.4 Å². The molecule has 0 fully saturated rings. The molecule has 3 rings (SSSR count). The first-order valence-electron chi connectivity index (χ1n) is 7.13. The Morgan fingerprint density at radius 2 is 1.86 bits per heavy atom. The molecule has 22 heavy (non-hydrogen) atoms. The van der Waals surface area contributed by atoms with Gasteiger partial charge in [0.25, 0.3) is 5.91 Å². The molecule has 2 aromatic rings. The van der Waals surface area contributed by atoms with Crippen molar-refractivity contribution in [3.05, 3.63) is 53.6 Å². The molecule has 0 saturated carbocycles. The van der Waals surface area contributed by atoms with E-state index in [9.17, 15) is 9.90 Å². The predicted octanol–water partition coefficient (Wildman–Crippen LogP) is 2.65. The summed E-state index contributed by atoms with van der Waals surface area (Å²) in [5.74, 6) is 1.05. The van der Waals surface area contributed by atoms with Gasteiger partial charge >= 0.3 is 0 Å². The minimum atomic E-state index is -0.319. The Morgan fingerprint density at radius 3 is 2.64 bits per heavy atom. The lowest BCUT2D eigenvalue weighted by Crippen LogP contribution is -2.27. The topological polar surface area (TPSA) is 67.8 Å². The van der Waals surface area contributed by atoms with Crippen molar-refractivity contribution in [1.82, 2.24) is 5.32 Å². The molecule has 0 aromatic heterocycles. The fourth-order valence-corrected chi connectivity index (χ4v) is 2.35. The Balaban J connectivity index is 1.76. The number of carbonyl (C=O) groups excluding carboxylic acids is 1. The van der Waals surface area contributed by atoms with Gasteiger partial charge in [0.1, 0.15) is 19.0 Å². The van der Waals surface area contributed by atoms with Crippen LogP contribution < -0.4 is 14.8 Å². The molecular formula is C17H17NO4. The zero-order chi connectivity index (χ0) is 15.5. The highest BCUT2D eigenvalue weighted by Gasteiger charge is 2.17. The van der Waals surface area contributed by atoms with Crippen LogP contribution in [0.3, 0.4) is 0 Å². The molecule has 1 heterocycles. The molecule has 1 aliphatic heterocycles. The van der Waals surface area contributed by atoms with E-state index in [4.69, 9.17) is 9.47 Å². The first kappa shape index (κ1) is 14.3. The Morgan fingerprint density at radius 1 is 1.14 bits per heavy atom. The highest BCUT2D eigenvalue weighted by Crippen LogP contribution is 2.32. The van der Waals surface area contributed by atoms with E-state index in [-0.39, 0.29) is 23.3 Å². The number of benzene rings is 2. The van der Waals surface area contributed by atoms with E-state index in [1.54, 1.807) is 18.2 Å². The van der Waals surface area contributed by atoms with Crippen molar-refractivity contribution >= 4 is 5.91 Å². The van der Waals surface area contributed by atoms with E-state index in [0.717, 1.165) is 5.56 Å². The molecule has 0 saturated heterocycles. The van der Waals surface area contributed by atoms with Gasteiger partial charge in [0.05, 0.1) is 11.6 Å². The van der Waals surface area contributed by atoms with Crippen molar-refractivity contribution in [3.8, 4) is 17.2 Å². The molecule has 5 nitrogen and oxygen atoms in total. The van der Waals surface area contributed by atoms with Crippen molar-refractivity contribution in [1.29, 1.82) is 0 Å². The summed E-state index contributed by atoms with van der Waals surface area (Å²) in [5, 5.41) is 12.6. The van der Waals surface area contributed by atoms with E-state index in [0.29, 0.717) is 24.7 Å². The quantitative estimate of drug-likeness (QED) is 0.914. The van der Waals surface area contributed by atoms with Crippen LogP contribution in [0.4, 0.5) is 0 Å². The summed E-state index contributed by atoms with van der Waals surface area (Å²) in [6.45, 7) is 2.95.